The second kappa shape index (κ2) is 22.0. The Balaban J connectivity index is 1.09. The van der Waals surface area contributed by atoms with Crippen LogP contribution in [0.1, 0.15) is 64.1 Å². The van der Waals surface area contributed by atoms with Gasteiger partial charge in [0, 0.05) is 67.3 Å². The van der Waals surface area contributed by atoms with Crippen LogP contribution < -0.4 is 26.3 Å². The number of fused-ring (bicyclic) bond motifs is 2. The summed E-state index contributed by atoms with van der Waals surface area (Å²) in [6, 6.07) is 8.22. The topological polar surface area (TPSA) is 216 Å². The zero-order chi connectivity index (χ0) is 55.9. The van der Waals surface area contributed by atoms with Crippen molar-refractivity contribution in [3.05, 3.63) is 89.8 Å². The molecule has 4 fully saturated rings. The molecule has 6 atom stereocenters. The number of piperazine rings is 1. The fourth-order valence-electron chi connectivity index (χ4n) is 9.83. The Bertz CT molecular complexity index is 2770. The molecule has 1 aliphatic carbocycles. The average Bonchev–Trinajstić information content (AvgIpc) is 3.74. The summed E-state index contributed by atoms with van der Waals surface area (Å²) in [5.41, 5.74) is -2.95. The summed E-state index contributed by atoms with van der Waals surface area (Å²) >= 11 is 0. The molecule has 1 saturated carbocycles. The first-order chi connectivity index (χ1) is 36.1. The molecule has 418 valence electrons. The van der Waals surface area contributed by atoms with Gasteiger partial charge < -0.3 is 40.5 Å². The number of nitrogens with one attached hydrogen (secondary N) is 4. The van der Waals surface area contributed by atoms with Crippen LogP contribution in [0.2, 0.25) is 0 Å². The van der Waals surface area contributed by atoms with E-state index < -0.39 is 108 Å². The molecule has 77 heavy (non-hydrogen) atoms. The molecule has 26 heteroatoms. The number of halogens is 8. The van der Waals surface area contributed by atoms with Gasteiger partial charge in [0.2, 0.25) is 5.91 Å². The Morgan fingerprint density at radius 1 is 0.792 bits per heavy atom. The number of anilines is 1. The molecule has 2 aromatic heterocycles. The van der Waals surface area contributed by atoms with Crippen LogP contribution in [-0.2, 0) is 32.0 Å². The van der Waals surface area contributed by atoms with E-state index in [0.717, 1.165) is 70.6 Å². The van der Waals surface area contributed by atoms with Gasteiger partial charge in [-0.05, 0) is 94.8 Å². The van der Waals surface area contributed by atoms with E-state index in [9.17, 15) is 55.7 Å². The van der Waals surface area contributed by atoms with Crippen molar-refractivity contribution < 1.29 is 74.0 Å². The van der Waals surface area contributed by atoms with Crippen LogP contribution in [0.25, 0.3) is 22.4 Å². The van der Waals surface area contributed by atoms with Crippen molar-refractivity contribution in [3.8, 4) is 22.4 Å². The number of rotatable bonds is 20. The summed E-state index contributed by atoms with van der Waals surface area (Å²) in [4.78, 5) is 61.8. The number of aliphatic hydroxyl groups is 1. The molecule has 0 spiro atoms. The van der Waals surface area contributed by atoms with Gasteiger partial charge in [-0.15, -0.1) is 0 Å². The summed E-state index contributed by atoms with van der Waals surface area (Å²) in [5.74, 6) is -4.85. The van der Waals surface area contributed by atoms with Crippen LogP contribution in [0.3, 0.4) is 0 Å². The number of carbonyl (C=O) groups excluding carboxylic acids is 3. The van der Waals surface area contributed by atoms with Crippen molar-refractivity contribution in [2.24, 2.45) is 10.8 Å². The highest BCUT2D eigenvalue weighted by Crippen LogP contribution is 2.43. The molecular formula is C51H60F8N10O8. The van der Waals surface area contributed by atoms with Crippen LogP contribution in [0.4, 0.5) is 50.5 Å². The van der Waals surface area contributed by atoms with Crippen LogP contribution in [0.5, 0.6) is 0 Å². The maximum absolute atomic E-state index is 16.1. The maximum atomic E-state index is 16.1. The molecule has 3 saturated heterocycles. The smallest absolute Gasteiger partial charge is 0.407 e. The minimum Gasteiger partial charge on any atom is -0.465 e. The Morgan fingerprint density at radius 3 is 1.94 bits per heavy atom. The van der Waals surface area contributed by atoms with E-state index in [4.69, 9.17) is 9.72 Å². The van der Waals surface area contributed by atoms with Crippen LogP contribution >= 0.6 is 0 Å². The third-order valence-electron chi connectivity index (χ3n) is 15.1. The SMILES string of the molecule is COC(=O)N[C@H](C(=O)N[C@@H](Cc1ccc(-c2ccc(N3C[C@H]4C[C@@H]3CN4C3COC3)nc2)cc1)[C@@H](O)CN(Cc1c(F)cc(-c2ccn(C3CC3)n2)cc1F)NC(=O)[C@@H](NC(=O)O)C(C)(C)C(F)(F)F)C(C)(C)C(F)(F)F. The summed E-state index contributed by atoms with van der Waals surface area (Å²) in [6.45, 7) is 3.42. The number of hydrazine groups is 1. The molecule has 8 rings (SSSR count). The van der Waals surface area contributed by atoms with Crippen molar-refractivity contribution in [2.75, 3.05) is 44.9 Å². The Morgan fingerprint density at radius 2 is 1.42 bits per heavy atom. The number of aliphatic hydroxyl groups excluding tert-OH is 1. The molecule has 2 bridgehead atoms. The van der Waals surface area contributed by atoms with Crippen molar-refractivity contribution >= 4 is 29.8 Å². The molecule has 2 aromatic carbocycles. The molecule has 5 heterocycles. The number of pyridine rings is 1. The third kappa shape index (κ3) is 12.4. The van der Waals surface area contributed by atoms with Crippen molar-refractivity contribution in [1.29, 1.82) is 0 Å². The van der Waals surface area contributed by atoms with Gasteiger partial charge in [0.25, 0.3) is 5.91 Å². The van der Waals surface area contributed by atoms with Gasteiger partial charge in [0.15, 0.2) is 0 Å². The van der Waals surface area contributed by atoms with Gasteiger partial charge in [0.05, 0.1) is 61.1 Å². The summed E-state index contributed by atoms with van der Waals surface area (Å²) in [6.07, 6.45) is -10.3. The highest BCUT2D eigenvalue weighted by atomic mass is 19.4. The second-order valence-corrected chi connectivity index (χ2v) is 21.1. The Hall–Kier alpha value is -6.64. The number of carboxylic acid groups (broad SMARTS) is 1. The lowest BCUT2D eigenvalue weighted by atomic mass is 9.82. The monoisotopic (exact) mass is 1090 g/mol. The van der Waals surface area contributed by atoms with Gasteiger partial charge in [0.1, 0.15) is 29.5 Å². The minimum atomic E-state index is -5.23. The second-order valence-electron chi connectivity index (χ2n) is 21.1. The molecule has 0 unspecified atom stereocenters. The predicted octanol–water partition coefficient (Wildman–Crippen LogP) is 6.35. The first kappa shape index (κ1) is 56.6. The van der Waals surface area contributed by atoms with E-state index >= 15 is 8.78 Å². The molecule has 4 amide bonds. The number of ether oxygens (including phenoxy) is 2. The molecule has 4 aromatic rings. The third-order valence-corrected chi connectivity index (χ3v) is 15.1. The molecule has 4 aliphatic rings. The van der Waals surface area contributed by atoms with E-state index in [1.165, 1.54) is 11.4 Å². The highest BCUT2D eigenvalue weighted by Gasteiger charge is 2.57. The number of likely N-dealkylation sites (tertiary alicyclic amines) is 1. The molecule has 18 nitrogen and oxygen atoms in total. The zero-order valence-corrected chi connectivity index (χ0v) is 42.6. The number of benzene rings is 2. The fourth-order valence-corrected chi connectivity index (χ4v) is 9.83. The number of nitrogens with zero attached hydrogens (tertiary/aromatic N) is 6. The number of methoxy groups -OCH3 is 1. The number of amides is 4. The first-order valence-electron chi connectivity index (χ1n) is 24.8. The van der Waals surface area contributed by atoms with Crippen LogP contribution in [0, 0.1) is 22.5 Å². The van der Waals surface area contributed by atoms with Crippen LogP contribution in [-0.4, -0.2) is 154 Å². The lowest BCUT2D eigenvalue weighted by molar-refractivity contribution is -0.221. The van der Waals surface area contributed by atoms with Crippen LogP contribution in [0.15, 0.2) is 67.0 Å². The number of alkyl halides is 6. The average molecular weight is 1090 g/mol. The normalized spacial score (nSPS) is 19.8. The predicted molar refractivity (Wildman–Crippen MR) is 261 cm³/mol. The molecule has 6 N–H and O–H groups in total. The minimum absolute atomic E-state index is 0.00358. The molecule has 3 aliphatic heterocycles. The number of hydrogen-bond acceptors (Lipinski definition) is 12. The summed E-state index contributed by atoms with van der Waals surface area (Å²) in [5, 5.41) is 32.3. The number of hydrogen-bond donors (Lipinski definition) is 6. The van der Waals surface area contributed by atoms with Gasteiger partial charge in [-0.25, -0.2) is 28.4 Å². The van der Waals surface area contributed by atoms with Crippen molar-refractivity contribution in [1.82, 2.24) is 46.0 Å². The first-order valence-corrected chi connectivity index (χ1v) is 24.8. The number of aromatic nitrogens is 3. The van der Waals surface area contributed by atoms with E-state index in [2.05, 4.69) is 30.4 Å². The molecule has 0 radical (unpaired) electrons. The Kier molecular flexibility index (Phi) is 16.2. The van der Waals surface area contributed by atoms with Gasteiger partial charge in [-0.2, -0.15) is 31.4 Å². The number of alkyl carbamates (subject to hydrolysis) is 1. The van der Waals surface area contributed by atoms with Crippen molar-refractivity contribution in [2.45, 2.75) is 121 Å². The van der Waals surface area contributed by atoms with Gasteiger partial charge in [-0.3, -0.25) is 24.6 Å². The van der Waals surface area contributed by atoms with Gasteiger partial charge >= 0.3 is 24.5 Å². The van der Waals surface area contributed by atoms with Gasteiger partial charge in [-0.1, -0.05) is 24.3 Å². The summed E-state index contributed by atoms with van der Waals surface area (Å²) < 4.78 is 131. The fraction of sp³-hybridized carbons (Fsp3) is 0.529. The maximum Gasteiger partial charge on any atom is 0.407 e. The number of carbonyl (C=O) groups is 4. The van der Waals surface area contributed by atoms with E-state index in [0.29, 0.717) is 67.5 Å². The van der Waals surface area contributed by atoms with E-state index in [1.807, 2.05) is 17.4 Å². The standard InChI is InChI=1S/C51H60F8N10O8/c1-48(2,50(54,55)56)42(63-47(75)76-5)44(71)61-39(16-27-6-8-28(9-7-27)29-10-13-41(60-20-29)68-22-32-19-33(68)21-67(32)34-25-77-26-34)40(70)24-66(65-45(72)43(62-46(73)74)49(3,4)51(57,58)59)23-35-36(52)17-30(18-37(35)53)38-14-15-69(64-38)31-11-12-31/h6-10,13-15,17-18,20,31-34,39-40,42-43,62,70H,11-12,16,19,21-26H2,1-5H3,(H,61,71)(H,63,75)(H,65,72)(H,73,74)/t32-,33-,39+,40+,42-,43-/m1/s1. The molecular weight excluding hydrogens is 1030 g/mol. The van der Waals surface area contributed by atoms with Crippen molar-refractivity contribution in [3.63, 3.8) is 0 Å². The lowest BCUT2D eigenvalue weighted by Crippen LogP contribution is -2.63. The zero-order valence-electron chi connectivity index (χ0n) is 42.6. The lowest BCUT2D eigenvalue weighted by Gasteiger charge is -2.42. The summed E-state index contributed by atoms with van der Waals surface area (Å²) in [7, 11) is 0.846. The highest BCUT2D eigenvalue weighted by molar-refractivity contribution is 5.87. The van der Waals surface area contributed by atoms with E-state index in [-0.39, 0.29) is 17.3 Å². The quantitative estimate of drug-likeness (QED) is 0.0421. The largest absolute Gasteiger partial charge is 0.465 e. The van der Waals surface area contributed by atoms with E-state index in [1.54, 1.807) is 41.3 Å². The Labute approximate surface area is 437 Å².